The van der Waals surface area contributed by atoms with Crippen molar-refractivity contribution in [2.75, 3.05) is 13.1 Å². The Kier molecular flexibility index (Phi) is 4.09. The predicted octanol–water partition coefficient (Wildman–Crippen LogP) is 4.34. The van der Waals surface area contributed by atoms with Crippen molar-refractivity contribution in [1.29, 1.82) is 0 Å². The van der Waals surface area contributed by atoms with Gasteiger partial charge in [-0.05, 0) is 54.4 Å². The Morgan fingerprint density at radius 1 is 0.917 bits per heavy atom. The third-order valence-corrected chi connectivity index (χ3v) is 5.48. The number of rotatable bonds is 3. The summed E-state index contributed by atoms with van der Waals surface area (Å²) in [5, 5.41) is 0. The highest BCUT2D eigenvalue weighted by Gasteiger charge is 2.46. The second kappa shape index (κ2) is 6.39. The highest BCUT2D eigenvalue weighted by Crippen LogP contribution is 2.48. The Labute approximate surface area is 142 Å². The van der Waals surface area contributed by atoms with Crippen LogP contribution in [0.5, 0.6) is 0 Å². The molecule has 2 aromatic carbocycles. The van der Waals surface area contributed by atoms with Crippen molar-refractivity contribution in [1.82, 2.24) is 4.90 Å². The Morgan fingerprint density at radius 3 is 2.25 bits per heavy atom. The fourth-order valence-electron chi connectivity index (χ4n) is 3.94. The van der Waals surface area contributed by atoms with Crippen molar-refractivity contribution in [3.05, 3.63) is 71.5 Å². The van der Waals surface area contributed by atoms with E-state index in [0.717, 1.165) is 37.9 Å². The van der Waals surface area contributed by atoms with Crippen LogP contribution in [0.15, 0.2) is 54.6 Å². The van der Waals surface area contributed by atoms with Crippen molar-refractivity contribution in [2.45, 2.75) is 31.1 Å². The minimum atomic E-state index is -0.217. The van der Waals surface area contributed by atoms with Gasteiger partial charge in [-0.2, -0.15) is 0 Å². The molecule has 24 heavy (non-hydrogen) atoms. The molecule has 1 amide bonds. The lowest BCUT2D eigenvalue weighted by Crippen LogP contribution is -2.39. The van der Waals surface area contributed by atoms with Gasteiger partial charge in [0.15, 0.2) is 0 Å². The maximum absolute atomic E-state index is 13.0. The van der Waals surface area contributed by atoms with Crippen molar-refractivity contribution in [3.8, 4) is 0 Å². The van der Waals surface area contributed by atoms with Gasteiger partial charge in [0.05, 0.1) is 0 Å². The third kappa shape index (κ3) is 3.08. The molecule has 3 heteroatoms. The molecule has 2 aromatic rings. The fourth-order valence-corrected chi connectivity index (χ4v) is 3.94. The quantitative estimate of drug-likeness (QED) is 0.823. The Morgan fingerprint density at radius 2 is 1.58 bits per heavy atom. The summed E-state index contributed by atoms with van der Waals surface area (Å²) in [6.07, 6.45) is 3.00. The van der Waals surface area contributed by atoms with E-state index in [1.54, 1.807) is 0 Å². The topological polar surface area (TPSA) is 20.3 Å². The molecule has 124 valence electrons. The summed E-state index contributed by atoms with van der Waals surface area (Å²) in [5.74, 6) is 1.03. The molecule has 0 spiro atoms. The number of amides is 1. The van der Waals surface area contributed by atoms with Crippen LogP contribution in [0.25, 0.3) is 0 Å². The molecule has 1 saturated carbocycles. The number of carbonyl (C=O) groups is 1. The van der Waals surface area contributed by atoms with Gasteiger partial charge in [-0.25, -0.2) is 4.39 Å². The predicted molar refractivity (Wildman–Crippen MR) is 92.2 cm³/mol. The van der Waals surface area contributed by atoms with E-state index in [4.69, 9.17) is 0 Å². The van der Waals surface area contributed by atoms with Crippen LogP contribution < -0.4 is 0 Å². The maximum atomic E-state index is 13.0. The zero-order valence-corrected chi connectivity index (χ0v) is 13.7. The van der Waals surface area contributed by atoms with Crippen LogP contribution >= 0.6 is 0 Å². The van der Waals surface area contributed by atoms with Crippen molar-refractivity contribution >= 4 is 5.91 Å². The lowest BCUT2D eigenvalue weighted by atomic mass is 9.89. The number of nitrogens with zero attached hydrogens (tertiary/aromatic N) is 1. The first kappa shape index (κ1) is 15.4. The average Bonchev–Trinajstić information content (AvgIpc) is 3.43. The second-order valence-corrected chi connectivity index (χ2v) is 7.01. The highest BCUT2D eigenvalue weighted by molar-refractivity contribution is 5.83. The minimum Gasteiger partial charge on any atom is -0.342 e. The second-order valence-electron chi connectivity index (χ2n) is 7.01. The molecule has 1 aliphatic heterocycles. The maximum Gasteiger partial charge on any atom is 0.226 e. The lowest BCUT2D eigenvalue weighted by Gasteiger charge is -2.32. The van der Waals surface area contributed by atoms with Gasteiger partial charge >= 0.3 is 0 Å². The monoisotopic (exact) mass is 323 g/mol. The molecule has 2 nitrogen and oxygen atoms in total. The molecule has 1 heterocycles. The van der Waals surface area contributed by atoms with Gasteiger partial charge in [-0.1, -0.05) is 42.5 Å². The van der Waals surface area contributed by atoms with E-state index in [2.05, 4.69) is 24.3 Å². The molecule has 1 aliphatic carbocycles. The first-order chi connectivity index (χ1) is 11.7. The molecule has 2 fully saturated rings. The zero-order valence-electron chi connectivity index (χ0n) is 13.7. The summed E-state index contributed by atoms with van der Waals surface area (Å²) in [6.45, 7) is 1.70. The smallest absolute Gasteiger partial charge is 0.226 e. The highest BCUT2D eigenvalue weighted by atomic mass is 19.1. The first-order valence-electron chi connectivity index (χ1n) is 8.81. The molecule has 4 rings (SSSR count). The van der Waals surface area contributed by atoms with Crippen LogP contribution in [0.4, 0.5) is 4.39 Å². The average molecular weight is 323 g/mol. The van der Waals surface area contributed by atoms with E-state index in [1.165, 1.54) is 17.7 Å². The fraction of sp³-hybridized carbons (Fsp3) is 0.381. The first-order valence-corrected chi connectivity index (χ1v) is 8.81. The Hall–Kier alpha value is -2.16. The molecule has 0 bridgehead atoms. The number of halogens is 1. The van der Waals surface area contributed by atoms with E-state index < -0.39 is 0 Å². The van der Waals surface area contributed by atoms with E-state index in [0.29, 0.717) is 5.92 Å². The molecule has 2 atom stereocenters. The number of piperidine rings is 1. The number of likely N-dealkylation sites (tertiary alicyclic amines) is 1. The lowest BCUT2D eigenvalue weighted by molar-refractivity contribution is -0.133. The molecule has 2 aliphatic rings. The number of benzene rings is 2. The van der Waals surface area contributed by atoms with E-state index in [-0.39, 0.29) is 23.6 Å². The molecule has 2 unspecified atom stereocenters. The Balaban J connectivity index is 1.33. The van der Waals surface area contributed by atoms with Crippen molar-refractivity contribution in [2.24, 2.45) is 5.92 Å². The molecule has 0 aromatic heterocycles. The van der Waals surface area contributed by atoms with Crippen LogP contribution in [-0.4, -0.2) is 23.9 Å². The van der Waals surface area contributed by atoms with E-state index >= 15 is 0 Å². The molecule has 0 radical (unpaired) electrons. The number of hydrogen-bond donors (Lipinski definition) is 0. The largest absolute Gasteiger partial charge is 0.342 e. The SMILES string of the molecule is O=C(C1CC1c1ccc(F)cc1)N1CCC(c2ccccc2)CC1. The molecular formula is C21H22FNO. The van der Waals surface area contributed by atoms with Crippen LogP contribution in [-0.2, 0) is 4.79 Å². The van der Waals surface area contributed by atoms with Gasteiger partial charge < -0.3 is 4.90 Å². The van der Waals surface area contributed by atoms with Gasteiger partial charge in [0.2, 0.25) is 5.91 Å². The van der Waals surface area contributed by atoms with Gasteiger partial charge in [0.1, 0.15) is 5.82 Å². The van der Waals surface area contributed by atoms with Crippen LogP contribution in [0.3, 0.4) is 0 Å². The van der Waals surface area contributed by atoms with Crippen LogP contribution in [0.2, 0.25) is 0 Å². The normalized spacial score (nSPS) is 24.0. The zero-order chi connectivity index (χ0) is 16.5. The number of carbonyl (C=O) groups excluding carboxylic acids is 1. The van der Waals surface area contributed by atoms with Gasteiger partial charge in [0, 0.05) is 19.0 Å². The van der Waals surface area contributed by atoms with Gasteiger partial charge in [-0.3, -0.25) is 4.79 Å². The van der Waals surface area contributed by atoms with E-state index in [1.807, 2.05) is 23.1 Å². The molecular weight excluding hydrogens is 301 g/mol. The van der Waals surface area contributed by atoms with E-state index in [9.17, 15) is 9.18 Å². The summed E-state index contributed by atoms with van der Waals surface area (Å²) < 4.78 is 13.0. The summed E-state index contributed by atoms with van der Waals surface area (Å²) >= 11 is 0. The van der Waals surface area contributed by atoms with Crippen molar-refractivity contribution in [3.63, 3.8) is 0 Å². The van der Waals surface area contributed by atoms with Crippen LogP contribution in [0, 0.1) is 11.7 Å². The molecule has 1 saturated heterocycles. The summed E-state index contributed by atoms with van der Waals surface area (Å²) in [7, 11) is 0. The van der Waals surface area contributed by atoms with Crippen LogP contribution in [0.1, 0.15) is 42.2 Å². The summed E-state index contributed by atoms with van der Waals surface area (Å²) in [5.41, 5.74) is 2.48. The van der Waals surface area contributed by atoms with Gasteiger partial charge in [-0.15, -0.1) is 0 Å². The minimum absolute atomic E-state index is 0.101. The van der Waals surface area contributed by atoms with Crippen molar-refractivity contribution < 1.29 is 9.18 Å². The number of hydrogen-bond acceptors (Lipinski definition) is 1. The third-order valence-electron chi connectivity index (χ3n) is 5.48. The molecule has 0 N–H and O–H groups in total. The summed E-state index contributed by atoms with van der Waals surface area (Å²) in [4.78, 5) is 14.7. The Bertz CT molecular complexity index is 704. The summed E-state index contributed by atoms with van der Waals surface area (Å²) in [6, 6.07) is 17.2. The van der Waals surface area contributed by atoms with Gasteiger partial charge in [0.25, 0.3) is 0 Å². The standard InChI is InChI=1S/C21H22FNO/c22-18-8-6-17(7-9-18)19-14-20(19)21(24)23-12-10-16(11-13-23)15-4-2-1-3-5-15/h1-9,16,19-20H,10-14H2.